The van der Waals surface area contributed by atoms with Gasteiger partial charge in [0, 0.05) is 0 Å². The second-order valence-electron chi connectivity index (χ2n) is 15.0. The summed E-state index contributed by atoms with van der Waals surface area (Å²) >= 11 is 0. The zero-order chi connectivity index (χ0) is 37.5. The molecule has 0 heteroatoms. The molecule has 56 heavy (non-hydrogen) atoms. The molecular weight excluding hydrogens is 673 g/mol. The molecule has 0 radical (unpaired) electrons. The summed E-state index contributed by atoms with van der Waals surface area (Å²) in [6.45, 7) is 2.24. The van der Waals surface area contributed by atoms with Crippen LogP contribution in [0.25, 0.3) is 66.8 Å². The number of rotatable bonds is 7. The lowest BCUT2D eigenvalue weighted by molar-refractivity contribution is 0.768. The van der Waals surface area contributed by atoms with Crippen LogP contribution in [0.4, 0.5) is 0 Å². The molecule has 0 nitrogen and oxygen atoms in total. The lowest BCUT2D eigenvalue weighted by Gasteiger charge is -2.35. The van der Waals surface area contributed by atoms with E-state index in [1.807, 2.05) is 0 Å². The van der Waals surface area contributed by atoms with Crippen LogP contribution in [0, 0.1) is 6.92 Å². The van der Waals surface area contributed by atoms with Crippen LogP contribution in [0.2, 0.25) is 0 Å². The second-order valence-corrected chi connectivity index (χ2v) is 15.0. The average Bonchev–Trinajstić information content (AvgIpc) is 3.58. The van der Waals surface area contributed by atoms with E-state index in [1.54, 1.807) is 0 Å². The first-order chi connectivity index (χ1) is 27.6. The van der Waals surface area contributed by atoms with Gasteiger partial charge in [-0.3, -0.25) is 0 Å². The quantitative estimate of drug-likeness (QED) is 0.154. The molecule has 0 bridgehead atoms. The molecule has 10 rings (SSSR count). The Kier molecular flexibility index (Phi) is 8.38. The van der Waals surface area contributed by atoms with Crippen molar-refractivity contribution in [2.75, 3.05) is 0 Å². The fourth-order valence-corrected chi connectivity index (χ4v) is 9.02. The monoisotopic (exact) mass is 712 g/mol. The number of hydrogen-bond donors (Lipinski definition) is 0. The Morgan fingerprint density at radius 2 is 0.571 bits per heavy atom. The van der Waals surface area contributed by atoms with Crippen LogP contribution < -0.4 is 0 Å². The third kappa shape index (κ3) is 5.79. The molecular formula is C56H40. The van der Waals surface area contributed by atoms with Crippen molar-refractivity contribution in [2.45, 2.75) is 12.3 Å². The van der Waals surface area contributed by atoms with E-state index < -0.39 is 5.41 Å². The summed E-state index contributed by atoms with van der Waals surface area (Å²) in [6, 6.07) is 82.9. The fraction of sp³-hybridized carbons (Fsp3) is 0.0357. The summed E-state index contributed by atoms with van der Waals surface area (Å²) in [5.74, 6) is 0. The standard InChI is InChI=1S/C56H40/c1-39-31-47(42-21-9-4-10-22-42)36-50(32-39)56(54-29-13-11-27-52(54)53-28-12-14-30-55(53)56)51-37-48(45-25-15-23-43(33-45)40-17-5-2-6-18-40)35-49(38-51)46-26-16-24-44(34-46)41-19-7-3-8-20-41/h2-38H,1H3. The van der Waals surface area contributed by atoms with Crippen LogP contribution in [0.5, 0.6) is 0 Å². The van der Waals surface area contributed by atoms with E-state index in [9.17, 15) is 0 Å². The van der Waals surface area contributed by atoms with Gasteiger partial charge in [0.1, 0.15) is 0 Å². The predicted molar refractivity (Wildman–Crippen MR) is 236 cm³/mol. The predicted octanol–water partition coefficient (Wildman–Crippen LogP) is 14.7. The fourth-order valence-electron chi connectivity index (χ4n) is 9.02. The summed E-state index contributed by atoms with van der Waals surface area (Å²) in [5.41, 5.74) is 20.4. The third-order valence-electron chi connectivity index (χ3n) is 11.5. The van der Waals surface area contributed by atoms with Crippen LogP contribution in [0.15, 0.2) is 224 Å². The first-order valence-corrected chi connectivity index (χ1v) is 19.5. The van der Waals surface area contributed by atoms with E-state index >= 15 is 0 Å². The summed E-state index contributed by atoms with van der Waals surface area (Å²) in [4.78, 5) is 0. The zero-order valence-corrected chi connectivity index (χ0v) is 31.4. The van der Waals surface area contributed by atoms with Crippen molar-refractivity contribution in [3.63, 3.8) is 0 Å². The molecule has 0 N–H and O–H groups in total. The molecule has 0 saturated heterocycles. The first kappa shape index (κ1) is 33.5. The highest BCUT2D eigenvalue weighted by Gasteiger charge is 2.46. The van der Waals surface area contributed by atoms with E-state index in [2.05, 4.69) is 231 Å². The molecule has 0 unspecified atom stereocenters. The highest BCUT2D eigenvalue weighted by molar-refractivity contribution is 5.89. The van der Waals surface area contributed by atoms with Gasteiger partial charge in [0.25, 0.3) is 0 Å². The molecule has 264 valence electrons. The summed E-state index contributed by atoms with van der Waals surface area (Å²) in [6.07, 6.45) is 0. The van der Waals surface area contributed by atoms with Gasteiger partial charge >= 0.3 is 0 Å². The van der Waals surface area contributed by atoms with Gasteiger partial charge in [-0.25, -0.2) is 0 Å². The summed E-state index contributed by atoms with van der Waals surface area (Å²) in [5, 5.41) is 0. The van der Waals surface area contributed by atoms with Crippen LogP contribution in [-0.4, -0.2) is 0 Å². The topological polar surface area (TPSA) is 0 Å². The molecule has 0 heterocycles. The zero-order valence-electron chi connectivity index (χ0n) is 31.4. The Bertz CT molecular complexity index is 2700. The van der Waals surface area contributed by atoms with Gasteiger partial charge in [0.05, 0.1) is 5.41 Å². The highest BCUT2D eigenvalue weighted by atomic mass is 14.5. The van der Waals surface area contributed by atoms with E-state index in [0.29, 0.717) is 0 Å². The molecule has 1 aliphatic carbocycles. The lowest BCUT2D eigenvalue weighted by Crippen LogP contribution is -2.29. The smallest absolute Gasteiger partial charge is 0.0622 e. The molecule has 0 atom stereocenters. The number of benzene rings is 9. The average molecular weight is 713 g/mol. The van der Waals surface area contributed by atoms with E-state index in [4.69, 9.17) is 0 Å². The Hall–Kier alpha value is -7.02. The minimum Gasteiger partial charge on any atom is -0.0622 e. The maximum absolute atomic E-state index is 2.47. The first-order valence-electron chi connectivity index (χ1n) is 19.5. The van der Waals surface area contributed by atoms with Crippen molar-refractivity contribution in [3.05, 3.63) is 252 Å². The van der Waals surface area contributed by atoms with E-state index in [1.165, 1.54) is 94.6 Å². The highest BCUT2D eigenvalue weighted by Crippen LogP contribution is 2.57. The van der Waals surface area contributed by atoms with Crippen molar-refractivity contribution in [1.82, 2.24) is 0 Å². The number of hydrogen-bond acceptors (Lipinski definition) is 0. The molecule has 9 aromatic rings. The van der Waals surface area contributed by atoms with Gasteiger partial charge in [-0.05, 0) is 132 Å². The molecule has 9 aromatic carbocycles. The normalized spacial score (nSPS) is 12.5. The Morgan fingerprint density at radius 1 is 0.250 bits per heavy atom. The van der Waals surface area contributed by atoms with Crippen LogP contribution in [-0.2, 0) is 5.41 Å². The molecule has 0 amide bonds. The van der Waals surface area contributed by atoms with Gasteiger partial charge in [0.15, 0.2) is 0 Å². The molecule has 0 saturated carbocycles. The van der Waals surface area contributed by atoms with Crippen molar-refractivity contribution >= 4 is 0 Å². The van der Waals surface area contributed by atoms with Crippen LogP contribution >= 0.6 is 0 Å². The van der Waals surface area contributed by atoms with Crippen molar-refractivity contribution in [3.8, 4) is 66.8 Å². The largest absolute Gasteiger partial charge is 0.0714 e. The SMILES string of the molecule is Cc1cc(-c2ccccc2)cc(C2(c3cc(-c4cccc(-c5ccccc5)c4)cc(-c4cccc(-c5ccccc5)c4)c3)c3ccccc3-c3ccccc32)c1. The van der Waals surface area contributed by atoms with Gasteiger partial charge < -0.3 is 0 Å². The molecule has 0 spiro atoms. The van der Waals surface area contributed by atoms with Crippen molar-refractivity contribution in [2.24, 2.45) is 0 Å². The summed E-state index contributed by atoms with van der Waals surface area (Å²) < 4.78 is 0. The number of fused-ring (bicyclic) bond motifs is 3. The van der Waals surface area contributed by atoms with Gasteiger partial charge in [-0.1, -0.05) is 194 Å². The second kappa shape index (κ2) is 14.0. The minimum absolute atomic E-state index is 0.582. The van der Waals surface area contributed by atoms with Gasteiger partial charge in [-0.2, -0.15) is 0 Å². The van der Waals surface area contributed by atoms with Gasteiger partial charge in [0.2, 0.25) is 0 Å². The van der Waals surface area contributed by atoms with Crippen LogP contribution in [0.1, 0.15) is 27.8 Å². The molecule has 1 aliphatic rings. The molecule has 0 aromatic heterocycles. The van der Waals surface area contributed by atoms with Crippen molar-refractivity contribution < 1.29 is 0 Å². The Balaban J connectivity index is 1.29. The molecule has 0 fully saturated rings. The minimum atomic E-state index is -0.582. The Labute approximate surface area is 330 Å². The van der Waals surface area contributed by atoms with Crippen molar-refractivity contribution in [1.29, 1.82) is 0 Å². The summed E-state index contributed by atoms with van der Waals surface area (Å²) in [7, 11) is 0. The maximum atomic E-state index is 2.47. The third-order valence-corrected chi connectivity index (χ3v) is 11.5. The number of aryl methyl sites for hydroxylation is 1. The lowest BCUT2D eigenvalue weighted by atomic mass is 9.66. The van der Waals surface area contributed by atoms with E-state index in [-0.39, 0.29) is 0 Å². The van der Waals surface area contributed by atoms with Crippen LogP contribution in [0.3, 0.4) is 0 Å². The maximum Gasteiger partial charge on any atom is 0.0714 e. The van der Waals surface area contributed by atoms with E-state index in [0.717, 1.165) is 0 Å². The Morgan fingerprint density at radius 3 is 1.04 bits per heavy atom. The molecule has 0 aliphatic heterocycles. The van der Waals surface area contributed by atoms with Gasteiger partial charge in [-0.15, -0.1) is 0 Å².